The molecule has 0 aromatic heterocycles. The highest BCUT2D eigenvalue weighted by Crippen LogP contribution is 2.29. The highest BCUT2D eigenvalue weighted by atomic mass is 19.1. The number of benzene rings is 1. The van der Waals surface area contributed by atoms with E-state index in [2.05, 4.69) is 30.6 Å². The summed E-state index contributed by atoms with van der Waals surface area (Å²) in [6.07, 6.45) is -0.652. The van der Waals surface area contributed by atoms with Crippen molar-refractivity contribution in [3.8, 4) is 0 Å². The monoisotopic (exact) mass is 280 g/mol. The molecular weight excluding hydrogens is 255 g/mol. The number of halogens is 1. The normalized spacial score (nSPS) is 19.2. The van der Waals surface area contributed by atoms with Crippen molar-refractivity contribution < 1.29 is 9.50 Å². The van der Waals surface area contributed by atoms with Gasteiger partial charge in [0.25, 0.3) is 0 Å². The van der Waals surface area contributed by atoms with E-state index in [4.69, 9.17) is 0 Å². The molecule has 1 aliphatic rings. The Bertz CT molecular complexity index is 460. The lowest BCUT2D eigenvalue weighted by atomic mass is 10.0. The Morgan fingerprint density at radius 1 is 1.15 bits per heavy atom. The quantitative estimate of drug-likeness (QED) is 0.902. The summed E-state index contributed by atoms with van der Waals surface area (Å²) in [5.41, 5.74) is 1.81. The molecule has 1 saturated heterocycles. The van der Waals surface area contributed by atoms with Crippen LogP contribution >= 0.6 is 0 Å². The Balaban J connectivity index is 2.15. The first-order valence-corrected chi connectivity index (χ1v) is 7.26. The van der Waals surface area contributed by atoms with Gasteiger partial charge in [0.05, 0.1) is 6.10 Å². The second kappa shape index (κ2) is 5.70. The van der Waals surface area contributed by atoms with E-state index in [0.717, 1.165) is 31.9 Å². The molecule has 1 aromatic carbocycles. The highest BCUT2D eigenvalue weighted by Gasteiger charge is 2.27. The zero-order valence-corrected chi connectivity index (χ0v) is 12.9. The molecule has 1 fully saturated rings. The van der Waals surface area contributed by atoms with Crippen LogP contribution in [0.1, 0.15) is 39.4 Å². The predicted octanol–water partition coefficient (Wildman–Crippen LogP) is 2.80. The summed E-state index contributed by atoms with van der Waals surface area (Å²) >= 11 is 0. The molecule has 0 aliphatic carbocycles. The van der Waals surface area contributed by atoms with Crippen molar-refractivity contribution in [1.29, 1.82) is 0 Å². The molecule has 4 heteroatoms. The highest BCUT2D eigenvalue weighted by molar-refractivity contribution is 5.55. The van der Waals surface area contributed by atoms with Gasteiger partial charge in [0.2, 0.25) is 0 Å². The number of hydrogen-bond donors (Lipinski definition) is 1. The maximum absolute atomic E-state index is 13.4. The van der Waals surface area contributed by atoms with Gasteiger partial charge in [-0.05, 0) is 45.9 Å². The molecular formula is C16H25FN2O. The van der Waals surface area contributed by atoms with Gasteiger partial charge in [0.15, 0.2) is 0 Å². The minimum absolute atomic E-state index is 0.183. The molecule has 1 aliphatic heterocycles. The van der Waals surface area contributed by atoms with E-state index in [-0.39, 0.29) is 11.4 Å². The number of nitrogens with zero attached hydrogens (tertiary/aromatic N) is 2. The van der Waals surface area contributed by atoms with E-state index in [1.165, 1.54) is 12.1 Å². The number of aliphatic hydroxyl groups excluding tert-OH is 1. The molecule has 20 heavy (non-hydrogen) atoms. The summed E-state index contributed by atoms with van der Waals surface area (Å²) in [7, 11) is 0. The molecule has 112 valence electrons. The van der Waals surface area contributed by atoms with Crippen LogP contribution in [0, 0.1) is 5.82 Å². The topological polar surface area (TPSA) is 26.7 Å². The Kier molecular flexibility index (Phi) is 4.35. The summed E-state index contributed by atoms with van der Waals surface area (Å²) in [6, 6.07) is 4.69. The zero-order chi connectivity index (χ0) is 14.9. The molecule has 0 radical (unpaired) electrons. The van der Waals surface area contributed by atoms with E-state index in [0.29, 0.717) is 5.56 Å². The molecule has 0 spiro atoms. The fourth-order valence-electron chi connectivity index (χ4n) is 2.77. The fraction of sp³-hybridized carbons (Fsp3) is 0.625. The first kappa shape index (κ1) is 15.3. The van der Waals surface area contributed by atoms with Gasteiger partial charge in [-0.2, -0.15) is 0 Å². The smallest absolute Gasteiger partial charge is 0.123 e. The van der Waals surface area contributed by atoms with Crippen molar-refractivity contribution in [1.82, 2.24) is 4.90 Å². The van der Waals surface area contributed by atoms with Crippen LogP contribution in [-0.4, -0.2) is 41.7 Å². The van der Waals surface area contributed by atoms with E-state index < -0.39 is 6.10 Å². The average Bonchev–Trinajstić information content (AvgIpc) is 2.37. The number of aliphatic hydroxyl groups is 1. The standard InChI is InChI=1S/C16H25FN2O/c1-12(20)14-11-13(17)5-6-15(14)18-7-9-19(10-8-18)16(2,3)4/h5-6,11-12,20H,7-10H2,1-4H3/t12-/m0/s1. The fourth-order valence-corrected chi connectivity index (χ4v) is 2.77. The zero-order valence-electron chi connectivity index (χ0n) is 12.9. The van der Waals surface area contributed by atoms with Crippen molar-refractivity contribution in [3.63, 3.8) is 0 Å². The van der Waals surface area contributed by atoms with E-state index in [9.17, 15) is 9.50 Å². The second-order valence-electron chi connectivity index (χ2n) is 6.52. The molecule has 0 unspecified atom stereocenters. The third-order valence-corrected chi connectivity index (χ3v) is 4.01. The SMILES string of the molecule is C[C@H](O)c1cc(F)ccc1N1CCN(C(C)(C)C)CC1. The first-order chi connectivity index (χ1) is 9.29. The van der Waals surface area contributed by atoms with Crippen molar-refractivity contribution in [2.75, 3.05) is 31.1 Å². The molecule has 0 amide bonds. The van der Waals surface area contributed by atoms with Crippen LogP contribution in [0.3, 0.4) is 0 Å². The number of piperazine rings is 1. The van der Waals surface area contributed by atoms with E-state index >= 15 is 0 Å². The predicted molar refractivity (Wildman–Crippen MR) is 80.6 cm³/mol. The third kappa shape index (κ3) is 3.30. The lowest BCUT2D eigenvalue weighted by Gasteiger charge is -2.43. The van der Waals surface area contributed by atoms with Gasteiger partial charge in [-0.1, -0.05) is 0 Å². The number of hydrogen-bond acceptors (Lipinski definition) is 3. The van der Waals surface area contributed by atoms with Crippen LogP contribution in [0.5, 0.6) is 0 Å². The van der Waals surface area contributed by atoms with Crippen LogP contribution in [0.2, 0.25) is 0 Å². The molecule has 0 bridgehead atoms. The minimum atomic E-state index is -0.652. The molecule has 1 N–H and O–H groups in total. The average molecular weight is 280 g/mol. The Morgan fingerprint density at radius 3 is 2.25 bits per heavy atom. The van der Waals surface area contributed by atoms with Crippen molar-refractivity contribution >= 4 is 5.69 Å². The molecule has 0 saturated carbocycles. The van der Waals surface area contributed by atoms with Gasteiger partial charge in [-0.25, -0.2) is 4.39 Å². The van der Waals surface area contributed by atoms with E-state index in [1.54, 1.807) is 13.0 Å². The minimum Gasteiger partial charge on any atom is -0.389 e. The second-order valence-corrected chi connectivity index (χ2v) is 6.52. The van der Waals surface area contributed by atoms with Crippen LogP contribution in [0.15, 0.2) is 18.2 Å². The number of anilines is 1. The summed E-state index contributed by atoms with van der Waals surface area (Å²) in [5.74, 6) is -0.294. The first-order valence-electron chi connectivity index (χ1n) is 7.26. The van der Waals surface area contributed by atoms with Crippen molar-refractivity contribution in [3.05, 3.63) is 29.6 Å². The van der Waals surface area contributed by atoms with Gasteiger partial charge in [0.1, 0.15) is 5.82 Å². The van der Waals surface area contributed by atoms with Crippen LogP contribution < -0.4 is 4.90 Å². The third-order valence-electron chi connectivity index (χ3n) is 4.01. The molecule has 3 nitrogen and oxygen atoms in total. The van der Waals surface area contributed by atoms with Crippen LogP contribution in [0.4, 0.5) is 10.1 Å². The van der Waals surface area contributed by atoms with Gasteiger partial charge in [0, 0.05) is 43.0 Å². The van der Waals surface area contributed by atoms with Gasteiger partial charge < -0.3 is 10.0 Å². The van der Waals surface area contributed by atoms with Gasteiger partial charge in [-0.3, -0.25) is 4.90 Å². The van der Waals surface area contributed by atoms with Crippen LogP contribution in [-0.2, 0) is 0 Å². The number of rotatable bonds is 2. The van der Waals surface area contributed by atoms with Gasteiger partial charge >= 0.3 is 0 Å². The molecule has 2 rings (SSSR count). The Hall–Kier alpha value is -1.13. The Morgan fingerprint density at radius 2 is 1.75 bits per heavy atom. The molecule has 1 heterocycles. The van der Waals surface area contributed by atoms with Crippen molar-refractivity contribution in [2.24, 2.45) is 0 Å². The van der Waals surface area contributed by atoms with Crippen LogP contribution in [0.25, 0.3) is 0 Å². The summed E-state index contributed by atoms with van der Waals surface area (Å²) in [4.78, 5) is 4.69. The Labute approximate surface area is 121 Å². The maximum Gasteiger partial charge on any atom is 0.123 e. The van der Waals surface area contributed by atoms with Gasteiger partial charge in [-0.15, -0.1) is 0 Å². The molecule has 1 atom stereocenters. The largest absolute Gasteiger partial charge is 0.389 e. The van der Waals surface area contributed by atoms with E-state index in [1.807, 2.05) is 0 Å². The summed E-state index contributed by atoms with van der Waals surface area (Å²) in [6.45, 7) is 12.1. The molecule has 1 aromatic rings. The van der Waals surface area contributed by atoms with Crippen molar-refractivity contribution in [2.45, 2.75) is 39.3 Å². The summed E-state index contributed by atoms with van der Waals surface area (Å²) < 4.78 is 13.4. The lowest BCUT2D eigenvalue weighted by molar-refractivity contribution is 0.128. The lowest BCUT2D eigenvalue weighted by Crippen LogP contribution is -2.53. The summed E-state index contributed by atoms with van der Waals surface area (Å²) in [5, 5.41) is 9.84. The maximum atomic E-state index is 13.4.